The summed E-state index contributed by atoms with van der Waals surface area (Å²) in [4.78, 5) is 11.0. The van der Waals surface area contributed by atoms with Crippen LogP contribution in [0.5, 0.6) is 5.75 Å². The zero-order valence-corrected chi connectivity index (χ0v) is 14.5. The fraction of sp³-hybridized carbons (Fsp3) is 0.235. The van der Waals surface area contributed by atoms with Gasteiger partial charge in [-0.05, 0) is 42.8 Å². The molecule has 2 aromatic rings. The van der Waals surface area contributed by atoms with Crippen molar-refractivity contribution in [2.75, 3.05) is 7.11 Å². The van der Waals surface area contributed by atoms with Crippen LogP contribution in [0.25, 0.3) is 0 Å². The van der Waals surface area contributed by atoms with Crippen LogP contribution in [0.2, 0.25) is 0 Å². The van der Waals surface area contributed by atoms with Crippen molar-refractivity contribution in [3.05, 3.63) is 65.0 Å². The second kappa shape index (κ2) is 7.62. The molecule has 25 heavy (non-hydrogen) atoms. The van der Waals surface area contributed by atoms with E-state index in [0.717, 1.165) is 0 Å². The summed E-state index contributed by atoms with van der Waals surface area (Å²) in [6.07, 6.45) is 0. The van der Waals surface area contributed by atoms with E-state index in [0.29, 0.717) is 16.9 Å². The summed E-state index contributed by atoms with van der Waals surface area (Å²) < 4.78 is 45.7. The smallest absolute Gasteiger partial charge is 0.335 e. The number of rotatable bonds is 7. The SMILES string of the molecule is COc1ccc(F)cc1C(C)NS(=O)(=O)Cc1cccc(C(=O)O)c1. The van der Waals surface area contributed by atoms with Crippen LogP contribution in [-0.2, 0) is 15.8 Å². The molecule has 2 rings (SSSR count). The molecule has 0 bridgehead atoms. The third-order valence-electron chi connectivity index (χ3n) is 3.55. The molecular weight excluding hydrogens is 349 g/mol. The molecule has 1 atom stereocenters. The first-order valence-corrected chi connectivity index (χ1v) is 9.03. The number of hydrogen-bond acceptors (Lipinski definition) is 4. The van der Waals surface area contributed by atoms with Gasteiger partial charge in [0.25, 0.3) is 0 Å². The predicted octanol–water partition coefficient (Wildman–Crippen LogP) is 2.71. The van der Waals surface area contributed by atoms with Gasteiger partial charge in [-0.2, -0.15) is 0 Å². The van der Waals surface area contributed by atoms with Crippen LogP contribution in [0.15, 0.2) is 42.5 Å². The predicted molar refractivity (Wildman–Crippen MR) is 90.5 cm³/mol. The zero-order chi connectivity index (χ0) is 18.6. The maximum atomic E-state index is 13.5. The highest BCUT2D eigenvalue weighted by atomic mass is 32.2. The van der Waals surface area contributed by atoms with Crippen LogP contribution >= 0.6 is 0 Å². The van der Waals surface area contributed by atoms with Crippen molar-refractivity contribution in [1.82, 2.24) is 4.72 Å². The van der Waals surface area contributed by atoms with Gasteiger partial charge in [-0.15, -0.1) is 0 Å². The minimum absolute atomic E-state index is 0.00699. The van der Waals surface area contributed by atoms with Crippen LogP contribution in [-0.4, -0.2) is 26.6 Å². The first kappa shape index (κ1) is 18.9. The number of halogens is 1. The van der Waals surface area contributed by atoms with Crippen molar-refractivity contribution >= 4 is 16.0 Å². The highest BCUT2D eigenvalue weighted by molar-refractivity contribution is 7.88. The number of ether oxygens (including phenoxy) is 1. The number of sulfonamides is 1. The second-order valence-electron chi connectivity index (χ2n) is 5.49. The summed E-state index contributed by atoms with van der Waals surface area (Å²) in [5, 5.41) is 8.97. The lowest BCUT2D eigenvalue weighted by molar-refractivity contribution is 0.0696. The molecule has 0 aromatic heterocycles. The minimum Gasteiger partial charge on any atom is -0.496 e. The van der Waals surface area contributed by atoms with E-state index < -0.39 is 33.6 Å². The van der Waals surface area contributed by atoms with E-state index in [2.05, 4.69) is 4.72 Å². The average molecular weight is 367 g/mol. The maximum absolute atomic E-state index is 13.5. The lowest BCUT2D eigenvalue weighted by Crippen LogP contribution is -2.28. The topological polar surface area (TPSA) is 92.7 Å². The lowest BCUT2D eigenvalue weighted by atomic mass is 10.1. The zero-order valence-electron chi connectivity index (χ0n) is 13.7. The highest BCUT2D eigenvalue weighted by Crippen LogP contribution is 2.26. The monoisotopic (exact) mass is 367 g/mol. The summed E-state index contributed by atoms with van der Waals surface area (Å²) in [7, 11) is -2.37. The number of carboxylic acids is 1. The molecular formula is C17H18FNO5S. The molecule has 0 aliphatic carbocycles. The molecule has 0 amide bonds. The Morgan fingerprint density at radius 1 is 1.28 bits per heavy atom. The number of carboxylic acid groups (broad SMARTS) is 1. The Morgan fingerprint density at radius 2 is 2.00 bits per heavy atom. The Kier molecular flexibility index (Phi) is 5.76. The van der Waals surface area contributed by atoms with Crippen LogP contribution in [0.3, 0.4) is 0 Å². The standard InChI is InChI=1S/C17H18FNO5S/c1-11(15-9-14(18)6-7-16(15)24-2)19-25(22,23)10-12-4-3-5-13(8-12)17(20)21/h3-9,11,19H,10H2,1-2H3,(H,20,21). The molecule has 1 unspecified atom stereocenters. The van der Waals surface area contributed by atoms with Gasteiger partial charge in [0.15, 0.2) is 0 Å². The fourth-order valence-corrected chi connectivity index (χ4v) is 3.80. The van der Waals surface area contributed by atoms with Crippen LogP contribution in [0.4, 0.5) is 4.39 Å². The molecule has 0 aliphatic heterocycles. The summed E-state index contributed by atoms with van der Waals surface area (Å²) >= 11 is 0. The van der Waals surface area contributed by atoms with Crippen molar-refractivity contribution in [3.63, 3.8) is 0 Å². The van der Waals surface area contributed by atoms with Gasteiger partial charge in [0, 0.05) is 11.6 Å². The molecule has 6 nitrogen and oxygen atoms in total. The summed E-state index contributed by atoms with van der Waals surface area (Å²) in [5.41, 5.74) is 0.712. The molecule has 2 N–H and O–H groups in total. The number of carbonyl (C=O) groups is 1. The molecule has 0 radical (unpaired) electrons. The average Bonchev–Trinajstić information content (AvgIpc) is 2.54. The van der Waals surface area contributed by atoms with E-state index in [1.165, 1.54) is 49.6 Å². The first-order chi connectivity index (χ1) is 11.7. The maximum Gasteiger partial charge on any atom is 0.335 e. The molecule has 0 saturated carbocycles. The van der Waals surface area contributed by atoms with Gasteiger partial charge in [0.05, 0.1) is 18.4 Å². The number of methoxy groups -OCH3 is 1. The molecule has 0 heterocycles. The number of nitrogens with one attached hydrogen (secondary N) is 1. The van der Waals surface area contributed by atoms with E-state index in [-0.39, 0.29) is 5.56 Å². The van der Waals surface area contributed by atoms with Gasteiger partial charge in [0.2, 0.25) is 10.0 Å². The molecule has 0 saturated heterocycles. The van der Waals surface area contributed by atoms with Crippen LogP contribution < -0.4 is 9.46 Å². The van der Waals surface area contributed by atoms with Crippen LogP contribution in [0.1, 0.15) is 34.5 Å². The summed E-state index contributed by atoms with van der Waals surface area (Å²) in [5.74, 6) is -1.67. The van der Waals surface area contributed by atoms with E-state index >= 15 is 0 Å². The van der Waals surface area contributed by atoms with Crippen molar-refractivity contribution in [3.8, 4) is 5.75 Å². The first-order valence-electron chi connectivity index (χ1n) is 7.37. The van der Waals surface area contributed by atoms with E-state index in [1.54, 1.807) is 6.92 Å². The molecule has 0 aliphatic rings. The molecule has 0 spiro atoms. The summed E-state index contributed by atoms with van der Waals surface area (Å²) in [6.45, 7) is 1.57. The van der Waals surface area contributed by atoms with E-state index in [9.17, 15) is 17.6 Å². The Hall–Kier alpha value is -2.45. The third kappa shape index (κ3) is 5.01. The van der Waals surface area contributed by atoms with Crippen molar-refractivity contribution in [2.45, 2.75) is 18.7 Å². The highest BCUT2D eigenvalue weighted by Gasteiger charge is 2.20. The summed E-state index contributed by atoms with van der Waals surface area (Å²) in [6, 6.07) is 8.82. The molecule has 2 aromatic carbocycles. The number of benzene rings is 2. The normalized spacial score (nSPS) is 12.6. The van der Waals surface area contributed by atoms with Gasteiger partial charge in [-0.25, -0.2) is 22.3 Å². The second-order valence-corrected chi connectivity index (χ2v) is 7.24. The molecule has 8 heteroatoms. The van der Waals surface area contributed by atoms with Gasteiger partial charge in [-0.1, -0.05) is 12.1 Å². The van der Waals surface area contributed by atoms with E-state index in [4.69, 9.17) is 9.84 Å². The lowest BCUT2D eigenvalue weighted by Gasteiger charge is -2.17. The Morgan fingerprint density at radius 3 is 2.64 bits per heavy atom. The largest absolute Gasteiger partial charge is 0.496 e. The fourth-order valence-electron chi connectivity index (χ4n) is 2.43. The van der Waals surface area contributed by atoms with Gasteiger partial charge in [0.1, 0.15) is 11.6 Å². The van der Waals surface area contributed by atoms with Crippen molar-refractivity contribution < 1.29 is 27.4 Å². The molecule has 0 fully saturated rings. The Bertz CT molecular complexity index is 882. The van der Waals surface area contributed by atoms with Gasteiger partial charge < -0.3 is 9.84 Å². The third-order valence-corrected chi connectivity index (χ3v) is 4.97. The quantitative estimate of drug-likeness (QED) is 0.785. The van der Waals surface area contributed by atoms with Crippen molar-refractivity contribution in [2.24, 2.45) is 0 Å². The number of aromatic carboxylic acids is 1. The minimum atomic E-state index is -3.78. The molecule has 134 valence electrons. The Balaban J connectivity index is 2.20. The van der Waals surface area contributed by atoms with Crippen molar-refractivity contribution in [1.29, 1.82) is 0 Å². The van der Waals surface area contributed by atoms with E-state index in [1.807, 2.05) is 0 Å². The Labute approximate surface area is 145 Å². The van der Waals surface area contributed by atoms with Crippen LogP contribution in [0, 0.1) is 5.82 Å². The number of hydrogen-bond donors (Lipinski definition) is 2. The van der Waals surface area contributed by atoms with Gasteiger partial charge in [-0.3, -0.25) is 0 Å². The van der Waals surface area contributed by atoms with Gasteiger partial charge >= 0.3 is 5.97 Å².